The Morgan fingerprint density at radius 3 is 2.23 bits per heavy atom. The molecule has 6 rings (SSSR count). The first-order valence-electron chi connectivity index (χ1n) is 14.7. The molecule has 0 N–H and O–H groups in total. The van der Waals surface area contributed by atoms with Crippen LogP contribution >= 0.6 is 0 Å². The second-order valence-corrected chi connectivity index (χ2v) is 12.3. The van der Waals surface area contributed by atoms with Gasteiger partial charge in [0.15, 0.2) is 0 Å². The minimum absolute atomic E-state index is 0.567. The highest BCUT2D eigenvalue weighted by Crippen LogP contribution is 2.40. The zero-order valence-electron chi connectivity index (χ0n) is 24.2. The summed E-state index contributed by atoms with van der Waals surface area (Å²) < 4.78 is 4.78. The number of benzene rings is 3. The molecule has 2 heteroatoms. The topological polar surface area (TPSA) is 8.81 Å². The van der Waals surface area contributed by atoms with Gasteiger partial charge in [0.1, 0.15) is 18.1 Å². The zero-order valence-corrected chi connectivity index (χ0v) is 24.2. The van der Waals surface area contributed by atoms with Gasteiger partial charge in [-0.2, -0.15) is 4.57 Å². The maximum absolute atomic E-state index is 2.48. The van der Waals surface area contributed by atoms with Crippen LogP contribution < -0.4 is 4.57 Å². The van der Waals surface area contributed by atoms with Crippen molar-refractivity contribution >= 4 is 5.57 Å². The third-order valence-corrected chi connectivity index (χ3v) is 8.21. The third kappa shape index (κ3) is 4.93. The Morgan fingerprint density at radius 2 is 1.54 bits per heavy atom. The molecule has 0 aliphatic heterocycles. The molecular weight excluding hydrogens is 472 g/mol. The van der Waals surface area contributed by atoms with E-state index in [1.807, 2.05) is 0 Å². The molecule has 0 unspecified atom stereocenters. The van der Waals surface area contributed by atoms with Gasteiger partial charge < -0.3 is 0 Å². The van der Waals surface area contributed by atoms with Crippen molar-refractivity contribution in [3.8, 4) is 28.2 Å². The highest BCUT2D eigenvalue weighted by Gasteiger charge is 2.28. The first kappa shape index (κ1) is 25.6. The molecule has 0 amide bonds. The number of aryl methyl sites for hydroxylation is 1. The van der Waals surface area contributed by atoms with Crippen molar-refractivity contribution in [3.63, 3.8) is 0 Å². The molecule has 1 aromatic heterocycles. The summed E-state index contributed by atoms with van der Waals surface area (Å²) in [6.45, 7) is 9.34. The number of aromatic nitrogens is 2. The number of nitrogens with zero attached hydrogens (tertiary/aromatic N) is 2. The molecule has 3 aromatic carbocycles. The standard InChI is InChI=1S/C37H41N2/c1-25(2)19-32-22-31(27-11-7-6-8-12-27)23-33(20-26(3)4)36(32)39-18-17-38(5)37(39)30-16-15-29-21-28-13-9-10-14-34(28)35(29)24-30/h6-8,10-12,14-18,22-26H,9,13,19-21H2,1-5H3/q+1. The Morgan fingerprint density at radius 1 is 0.821 bits per heavy atom. The summed E-state index contributed by atoms with van der Waals surface area (Å²) in [5.74, 6) is 2.38. The van der Waals surface area contributed by atoms with Gasteiger partial charge in [0.05, 0.1) is 12.6 Å². The van der Waals surface area contributed by atoms with Crippen molar-refractivity contribution in [1.29, 1.82) is 0 Å². The number of hydrogen-bond donors (Lipinski definition) is 0. The monoisotopic (exact) mass is 513 g/mol. The van der Waals surface area contributed by atoms with Gasteiger partial charge in [-0.25, -0.2) is 4.57 Å². The van der Waals surface area contributed by atoms with Crippen molar-refractivity contribution in [1.82, 2.24) is 4.57 Å². The number of fused-ring (bicyclic) bond motifs is 2. The summed E-state index contributed by atoms with van der Waals surface area (Å²) in [6, 6.07) is 22.9. The van der Waals surface area contributed by atoms with Gasteiger partial charge in [-0.15, -0.1) is 0 Å². The van der Waals surface area contributed by atoms with E-state index in [4.69, 9.17) is 0 Å². The van der Waals surface area contributed by atoms with E-state index in [0.29, 0.717) is 11.8 Å². The van der Waals surface area contributed by atoms with Crippen molar-refractivity contribution in [2.24, 2.45) is 18.9 Å². The van der Waals surface area contributed by atoms with Crippen LogP contribution in [0.15, 0.2) is 90.8 Å². The Bertz CT molecular complexity index is 1550. The lowest BCUT2D eigenvalue weighted by atomic mass is 9.89. The Kier molecular flexibility index (Phi) is 6.89. The SMILES string of the molecule is CC(C)Cc1cc(-c2ccccc2)cc(CC(C)C)c1-n1cc[n+](C)c1-c1ccc2c(c1)C1=C(CCC=C1)C2. The van der Waals surface area contributed by atoms with Crippen LogP contribution in [0.1, 0.15) is 62.8 Å². The van der Waals surface area contributed by atoms with Gasteiger partial charge in [-0.3, -0.25) is 0 Å². The fourth-order valence-corrected chi connectivity index (χ4v) is 6.58. The van der Waals surface area contributed by atoms with Gasteiger partial charge in [-0.1, -0.05) is 81.8 Å². The Labute approximate surface area is 234 Å². The minimum atomic E-state index is 0.567. The van der Waals surface area contributed by atoms with Crippen LogP contribution in [0.5, 0.6) is 0 Å². The minimum Gasteiger partial charge on any atom is -0.232 e. The molecule has 0 bridgehead atoms. The van der Waals surface area contributed by atoms with Gasteiger partial charge in [-0.05, 0) is 96.0 Å². The third-order valence-electron chi connectivity index (χ3n) is 8.21. The van der Waals surface area contributed by atoms with Gasteiger partial charge in [0.2, 0.25) is 0 Å². The fraction of sp³-hybridized carbons (Fsp3) is 0.324. The molecule has 2 nitrogen and oxygen atoms in total. The fourth-order valence-electron chi connectivity index (χ4n) is 6.58. The van der Waals surface area contributed by atoms with Gasteiger partial charge in [0.25, 0.3) is 5.82 Å². The van der Waals surface area contributed by atoms with E-state index in [0.717, 1.165) is 19.3 Å². The smallest absolute Gasteiger partial charge is 0.232 e. The maximum Gasteiger partial charge on any atom is 0.293 e. The van der Waals surface area contributed by atoms with Crippen molar-refractivity contribution < 1.29 is 4.57 Å². The van der Waals surface area contributed by atoms with Crippen molar-refractivity contribution in [3.05, 3.63) is 113 Å². The van der Waals surface area contributed by atoms with Crippen LogP contribution in [0.2, 0.25) is 0 Å². The second kappa shape index (κ2) is 10.5. The van der Waals surface area contributed by atoms with E-state index in [-0.39, 0.29) is 0 Å². The lowest BCUT2D eigenvalue weighted by Gasteiger charge is -2.19. The molecule has 0 spiro atoms. The quantitative estimate of drug-likeness (QED) is 0.219. The highest BCUT2D eigenvalue weighted by molar-refractivity contribution is 5.85. The molecule has 4 aromatic rings. The van der Waals surface area contributed by atoms with E-state index in [2.05, 4.69) is 129 Å². The average Bonchev–Trinajstić information content (AvgIpc) is 3.48. The van der Waals surface area contributed by atoms with Gasteiger partial charge in [0, 0.05) is 11.1 Å². The predicted molar refractivity (Wildman–Crippen MR) is 164 cm³/mol. The molecule has 198 valence electrons. The molecular formula is C37H41N2+. The Balaban J connectivity index is 1.55. The van der Waals surface area contributed by atoms with Crippen LogP contribution in [0, 0.1) is 11.8 Å². The molecule has 0 radical (unpaired) electrons. The largest absolute Gasteiger partial charge is 0.293 e. The Hall–Kier alpha value is -3.65. The summed E-state index contributed by atoms with van der Waals surface area (Å²) in [6.07, 6.45) is 14.8. The van der Waals surface area contributed by atoms with Crippen LogP contribution in [0.3, 0.4) is 0 Å². The second-order valence-electron chi connectivity index (χ2n) is 12.3. The number of imidazole rings is 1. The number of allylic oxidation sites excluding steroid dienone is 4. The lowest BCUT2D eigenvalue weighted by molar-refractivity contribution is -0.659. The summed E-state index contributed by atoms with van der Waals surface area (Å²) in [7, 11) is 2.19. The summed E-state index contributed by atoms with van der Waals surface area (Å²) >= 11 is 0. The predicted octanol–water partition coefficient (Wildman–Crippen LogP) is 8.69. The van der Waals surface area contributed by atoms with Crippen LogP contribution in [-0.4, -0.2) is 4.57 Å². The molecule has 0 saturated heterocycles. The van der Waals surface area contributed by atoms with Crippen molar-refractivity contribution in [2.45, 2.75) is 59.8 Å². The molecule has 1 heterocycles. The first-order chi connectivity index (χ1) is 18.9. The zero-order chi connectivity index (χ0) is 27.1. The summed E-state index contributed by atoms with van der Waals surface area (Å²) in [5, 5.41) is 0. The van der Waals surface area contributed by atoms with Crippen LogP contribution in [0.25, 0.3) is 33.8 Å². The van der Waals surface area contributed by atoms with Gasteiger partial charge >= 0.3 is 0 Å². The average molecular weight is 514 g/mol. The first-order valence-corrected chi connectivity index (χ1v) is 14.7. The van der Waals surface area contributed by atoms with E-state index in [1.165, 1.54) is 68.9 Å². The molecule has 2 aliphatic rings. The highest BCUT2D eigenvalue weighted by atomic mass is 15.1. The number of rotatable bonds is 7. The molecule has 39 heavy (non-hydrogen) atoms. The van der Waals surface area contributed by atoms with Crippen molar-refractivity contribution in [2.75, 3.05) is 0 Å². The van der Waals surface area contributed by atoms with Crippen LogP contribution in [-0.2, 0) is 26.3 Å². The van der Waals surface area contributed by atoms with E-state index < -0.39 is 0 Å². The molecule has 0 saturated carbocycles. The summed E-state index contributed by atoms with van der Waals surface area (Å²) in [5.41, 5.74) is 14.1. The summed E-state index contributed by atoms with van der Waals surface area (Å²) in [4.78, 5) is 0. The molecule has 2 aliphatic carbocycles. The maximum atomic E-state index is 2.48. The van der Waals surface area contributed by atoms with Crippen LogP contribution in [0.4, 0.5) is 0 Å². The van der Waals surface area contributed by atoms with E-state index >= 15 is 0 Å². The van der Waals surface area contributed by atoms with E-state index in [1.54, 1.807) is 5.57 Å². The number of hydrogen-bond acceptors (Lipinski definition) is 0. The van der Waals surface area contributed by atoms with E-state index in [9.17, 15) is 0 Å². The molecule has 0 fully saturated rings. The lowest BCUT2D eigenvalue weighted by Crippen LogP contribution is -2.29. The normalized spacial score (nSPS) is 14.4. The molecule has 0 atom stereocenters.